The van der Waals surface area contributed by atoms with Crippen molar-refractivity contribution in [3.8, 4) is 0 Å². The molecule has 0 fully saturated rings. The summed E-state index contributed by atoms with van der Waals surface area (Å²) < 4.78 is 0. The summed E-state index contributed by atoms with van der Waals surface area (Å²) in [4.78, 5) is 31.8. The maximum absolute atomic E-state index is 12.3. The van der Waals surface area contributed by atoms with Gasteiger partial charge in [0.2, 0.25) is 5.91 Å². The fourth-order valence-electron chi connectivity index (χ4n) is 2.28. The van der Waals surface area contributed by atoms with Gasteiger partial charge >= 0.3 is 0 Å². The SMILES string of the molecule is CC(=O)Nc1cccc(NC(=O)c2cnc(Nc3ccccc3Cl)cn2)c1. The molecule has 0 aliphatic carbocycles. The molecule has 0 aliphatic heterocycles. The normalized spacial score (nSPS) is 10.1. The van der Waals surface area contributed by atoms with Crippen molar-refractivity contribution in [2.45, 2.75) is 6.92 Å². The number of carbonyl (C=O) groups is 2. The molecule has 2 aromatic carbocycles. The molecule has 0 unspecified atom stereocenters. The van der Waals surface area contributed by atoms with Crippen LogP contribution in [-0.4, -0.2) is 21.8 Å². The van der Waals surface area contributed by atoms with Gasteiger partial charge in [-0.05, 0) is 30.3 Å². The summed E-state index contributed by atoms with van der Waals surface area (Å²) in [5.41, 5.74) is 1.97. The van der Waals surface area contributed by atoms with Crippen LogP contribution in [0.25, 0.3) is 0 Å². The lowest BCUT2D eigenvalue weighted by atomic mass is 10.2. The van der Waals surface area contributed by atoms with Crippen LogP contribution in [0.4, 0.5) is 22.9 Å². The number of hydrogen-bond acceptors (Lipinski definition) is 5. The number of nitrogens with one attached hydrogen (secondary N) is 3. The Morgan fingerprint density at radius 2 is 1.67 bits per heavy atom. The molecular formula is C19H16ClN5O2. The lowest BCUT2D eigenvalue weighted by molar-refractivity contribution is -0.114. The summed E-state index contributed by atoms with van der Waals surface area (Å²) in [7, 11) is 0. The third-order valence-electron chi connectivity index (χ3n) is 3.46. The first kappa shape index (κ1) is 18.3. The highest BCUT2D eigenvalue weighted by atomic mass is 35.5. The first-order chi connectivity index (χ1) is 13.0. The quantitative estimate of drug-likeness (QED) is 0.618. The van der Waals surface area contributed by atoms with Gasteiger partial charge in [-0.15, -0.1) is 0 Å². The van der Waals surface area contributed by atoms with Crippen molar-refractivity contribution in [2.75, 3.05) is 16.0 Å². The van der Waals surface area contributed by atoms with Gasteiger partial charge in [-0.3, -0.25) is 9.59 Å². The number of para-hydroxylation sites is 1. The molecule has 3 rings (SSSR count). The smallest absolute Gasteiger partial charge is 0.275 e. The molecule has 0 atom stereocenters. The number of halogens is 1. The molecule has 0 saturated carbocycles. The van der Waals surface area contributed by atoms with Gasteiger partial charge in [0.15, 0.2) is 0 Å². The maximum atomic E-state index is 12.3. The summed E-state index contributed by atoms with van der Waals surface area (Å²) in [5.74, 6) is -0.134. The van der Waals surface area contributed by atoms with Crippen molar-refractivity contribution >= 4 is 46.3 Å². The first-order valence-corrected chi connectivity index (χ1v) is 8.41. The van der Waals surface area contributed by atoms with Crippen molar-refractivity contribution < 1.29 is 9.59 Å². The molecule has 8 heteroatoms. The second-order valence-corrected chi connectivity index (χ2v) is 6.02. The molecule has 0 radical (unpaired) electrons. The van der Waals surface area contributed by atoms with Crippen LogP contribution in [0.3, 0.4) is 0 Å². The Morgan fingerprint density at radius 1 is 0.926 bits per heavy atom. The van der Waals surface area contributed by atoms with E-state index in [1.807, 2.05) is 18.2 Å². The molecule has 0 spiro atoms. The van der Waals surface area contributed by atoms with E-state index in [-0.39, 0.29) is 11.6 Å². The summed E-state index contributed by atoms with van der Waals surface area (Å²) >= 11 is 6.09. The zero-order valence-electron chi connectivity index (χ0n) is 14.4. The van der Waals surface area contributed by atoms with Crippen LogP contribution in [0.2, 0.25) is 5.02 Å². The molecule has 0 bridgehead atoms. The van der Waals surface area contributed by atoms with Gasteiger partial charge in [0.1, 0.15) is 11.5 Å². The summed E-state index contributed by atoms with van der Waals surface area (Å²) in [6, 6.07) is 14.1. The van der Waals surface area contributed by atoms with E-state index in [9.17, 15) is 9.59 Å². The molecule has 1 heterocycles. The average molecular weight is 382 g/mol. The zero-order chi connectivity index (χ0) is 19.2. The highest BCUT2D eigenvalue weighted by molar-refractivity contribution is 6.33. The summed E-state index contributed by atoms with van der Waals surface area (Å²) in [5, 5.41) is 8.96. The number of nitrogens with zero attached hydrogens (tertiary/aromatic N) is 2. The Balaban J connectivity index is 1.67. The molecule has 2 amide bonds. The molecule has 3 aromatic rings. The monoisotopic (exact) mass is 381 g/mol. The largest absolute Gasteiger partial charge is 0.338 e. The highest BCUT2D eigenvalue weighted by Gasteiger charge is 2.10. The van der Waals surface area contributed by atoms with E-state index >= 15 is 0 Å². The van der Waals surface area contributed by atoms with E-state index in [1.165, 1.54) is 19.3 Å². The van der Waals surface area contributed by atoms with Crippen LogP contribution in [0.5, 0.6) is 0 Å². The summed E-state index contributed by atoms with van der Waals surface area (Å²) in [6.45, 7) is 1.42. The Hall–Kier alpha value is -3.45. The number of aromatic nitrogens is 2. The standard InChI is InChI=1S/C19H16ClN5O2/c1-12(26)23-13-5-4-6-14(9-13)24-19(27)17-10-22-18(11-21-17)25-16-8-3-2-7-15(16)20/h2-11H,1H3,(H,22,25)(H,23,26)(H,24,27). The Labute approximate surface area is 160 Å². The van der Waals surface area contributed by atoms with E-state index in [0.29, 0.717) is 27.9 Å². The predicted octanol–water partition coefficient (Wildman–Crippen LogP) is 4.08. The van der Waals surface area contributed by atoms with E-state index in [0.717, 1.165) is 0 Å². The molecule has 7 nitrogen and oxygen atoms in total. The van der Waals surface area contributed by atoms with Crippen LogP contribution in [0, 0.1) is 0 Å². The van der Waals surface area contributed by atoms with E-state index < -0.39 is 5.91 Å². The molecule has 0 saturated heterocycles. The minimum absolute atomic E-state index is 0.157. The first-order valence-electron chi connectivity index (χ1n) is 8.04. The van der Waals surface area contributed by atoms with Gasteiger partial charge in [0.05, 0.1) is 23.1 Å². The van der Waals surface area contributed by atoms with Gasteiger partial charge in [0, 0.05) is 18.3 Å². The van der Waals surface area contributed by atoms with Crippen molar-refractivity contribution in [1.29, 1.82) is 0 Å². The highest BCUT2D eigenvalue weighted by Crippen LogP contribution is 2.23. The minimum atomic E-state index is -0.410. The number of carbonyl (C=O) groups excluding carboxylic acids is 2. The fourth-order valence-corrected chi connectivity index (χ4v) is 2.47. The number of benzene rings is 2. The number of amides is 2. The molecule has 136 valence electrons. The van der Waals surface area contributed by atoms with Gasteiger partial charge < -0.3 is 16.0 Å². The average Bonchev–Trinajstić information content (AvgIpc) is 2.64. The molecule has 1 aromatic heterocycles. The number of rotatable bonds is 5. The van der Waals surface area contributed by atoms with Gasteiger partial charge in [-0.2, -0.15) is 0 Å². The van der Waals surface area contributed by atoms with Crippen molar-refractivity contribution in [2.24, 2.45) is 0 Å². The van der Waals surface area contributed by atoms with Gasteiger partial charge in [-0.25, -0.2) is 9.97 Å². The molecule has 3 N–H and O–H groups in total. The van der Waals surface area contributed by atoms with Gasteiger partial charge in [0.25, 0.3) is 5.91 Å². The zero-order valence-corrected chi connectivity index (χ0v) is 15.1. The van der Waals surface area contributed by atoms with Crippen LogP contribution in [0.15, 0.2) is 60.9 Å². The van der Waals surface area contributed by atoms with Crippen molar-refractivity contribution in [3.05, 3.63) is 71.6 Å². The molecule has 27 heavy (non-hydrogen) atoms. The third kappa shape index (κ3) is 5.02. The van der Waals surface area contributed by atoms with Crippen LogP contribution < -0.4 is 16.0 Å². The second-order valence-electron chi connectivity index (χ2n) is 5.61. The Bertz CT molecular complexity index is 976. The molecular weight excluding hydrogens is 366 g/mol. The summed E-state index contributed by atoms with van der Waals surface area (Å²) in [6.07, 6.45) is 2.82. The van der Waals surface area contributed by atoms with Gasteiger partial charge in [-0.1, -0.05) is 29.8 Å². The number of anilines is 4. The van der Waals surface area contributed by atoms with Crippen molar-refractivity contribution in [3.63, 3.8) is 0 Å². The Kier molecular flexibility index (Phi) is 5.63. The van der Waals surface area contributed by atoms with Crippen LogP contribution in [-0.2, 0) is 4.79 Å². The third-order valence-corrected chi connectivity index (χ3v) is 3.79. The minimum Gasteiger partial charge on any atom is -0.338 e. The van der Waals surface area contributed by atoms with E-state index in [4.69, 9.17) is 11.6 Å². The Morgan fingerprint density at radius 3 is 2.33 bits per heavy atom. The van der Waals surface area contributed by atoms with E-state index in [2.05, 4.69) is 25.9 Å². The van der Waals surface area contributed by atoms with Crippen LogP contribution >= 0.6 is 11.6 Å². The number of hydrogen-bond donors (Lipinski definition) is 3. The lowest BCUT2D eigenvalue weighted by Gasteiger charge is -2.09. The predicted molar refractivity (Wildman–Crippen MR) is 105 cm³/mol. The molecule has 0 aliphatic rings. The van der Waals surface area contributed by atoms with E-state index in [1.54, 1.807) is 30.3 Å². The maximum Gasteiger partial charge on any atom is 0.275 e. The fraction of sp³-hybridized carbons (Fsp3) is 0.0526. The second kappa shape index (κ2) is 8.29. The van der Waals surface area contributed by atoms with Crippen molar-refractivity contribution in [1.82, 2.24) is 9.97 Å². The lowest BCUT2D eigenvalue weighted by Crippen LogP contribution is -2.14. The van der Waals surface area contributed by atoms with Crippen LogP contribution in [0.1, 0.15) is 17.4 Å². The topological polar surface area (TPSA) is 96.0 Å².